The molecule has 26 heavy (non-hydrogen) atoms. The first kappa shape index (κ1) is 20.5. The molecule has 1 unspecified atom stereocenters. The van der Waals surface area contributed by atoms with Gasteiger partial charge in [-0.3, -0.25) is 15.2 Å². The summed E-state index contributed by atoms with van der Waals surface area (Å²) < 4.78 is 43.3. The number of hydrogen-bond donors (Lipinski definition) is 4. The number of carbonyl (C=O) groups excluding carboxylic acids is 1. The Bertz CT molecular complexity index is 570. The van der Waals surface area contributed by atoms with Gasteiger partial charge in [0.25, 0.3) is 0 Å². The van der Waals surface area contributed by atoms with Crippen LogP contribution in [-0.4, -0.2) is 42.2 Å². The summed E-state index contributed by atoms with van der Waals surface area (Å²) in [7, 11) is 0. The molecule has 0 bridgehead atoms. The highest BCUT2D eigenvalue weighted by Crippen LogP contribution is 2.28. The number of alkyl halides is 3. The van der Waals surface area contributed by atoms with Crippen LogP contribution < -0.4 is 16.0 Å². The van der Waals surface area contributed by atoms with Gasteiger partial charge in [0.05, 0.1) is 0 Å². The summed E-state index contributed by atoms with van der Waals surface area (Å²) in [5, 5.41) is 14.2. The van der Waals surface area contributed by atoms with Crippen molar-refractivity contribution in [3.63, 3.8) is 0 Å². The molecular weight excluding hydrogens is 351 g/mol. The Balaban J connectivity index is 1.93. The lowest BCUT2D eigenvalue weighted by molar-refractivity contribution is -0.141. The van der Waals surface area contributed by atoms with Gasteiger partial charge in [-0.05, 0) is 24.7 Å². The highest BCUT2D eigenvalue weighted by molar-refractivity contribution is 5.76. The van der Waals surface area contributed by atoms with E-state index in [4.69, 9.17) is 4.74 Å². The number of carbonyl (C=O) groups is 1. The molecule has 2 heterocycles. The largest absolute Gasteiger partial charge is 0.432 e. The maximum absolute atomic E-state index is 12.7. The topological polar surface area (TPSA) is 91.1 Å². The lowest BCUT2D eigenvalue weighted by Gasteiger charge is -2.25. The summed E-state index contributed by atoms with van der Waals surface area (Å²) >= 11 is 0. The average molecular weight is 377 g/mol. The molecule has 1 aromatic rings. The van der Waals surface area contributed by atoms with Crippen molar-refractivity contribution in [3.8, 4) is 0 Å². The molecule has 1 saturated heterocycles. The monoisotopic (exact) mass is 377 g/mol. The average Bonchev–Trinajstić information content (AvgIpc) is 3.02. The Kier molecular flexibility index (Phi) is 7.27. The van der Waals surface area contributed by atoms with E-state index in [1.165, 1.54) is 0 Å². The lowest BCUT2D eigenvalue weighted by Crippen LogP contribution is -2.52. The number of anilines is 1. The van der Waals surface area contributed by atoms with Crippen LogP contribution in [0.25, 0.3) is 0 Å². The fourth-order valence-corrected chi connectivity index (χ4v) is 2.61. The van der Waals surface area contributed by atoms with E-state index >= 15 is 0 Å². The van der Waals surface area contributed by atoms with E-state index in [1.54, 1.807) is 0 Å². The van der Waals surface area contributed by atoms with Gasteiger partial charge in [0.2, 0.25) is 5.91 Å². The molecule has 1 atom stereocenters. The molecular formula is C16H26F3N5O2. The second kappa shape index (κ2) is 9.22. The van der Waals surface area contributed by atoms with Crippen molar-refractivity contribution in [2.75, 3.05) is 25.1 Å². The van der Waals surface area contributed by atoms with Crippen LogP contribution in [0.3, 0.4) is 0 Å². The third-order valence-corrected chi connectivity index (χ3v) is 4.03. The second-order valence-electron chi connectivity index (χ2n) is 6.87. The lowest BCUT2D eigenvalue weighted by atomic mass is 9.96. The van der Waals surface area contributed by atoms with Gasteiger partial charge in [-0.15, -0.1) is 0 Å². The summed E-state index contributed by atoms with van der Waals surface area (Å²) in [6.45, 7) is 5.86. The minimum Gasteiger partial charge on any atom is -0.381 e. The molecule has 0 spiro atoms. The van der Waals surface area contributed by atoms with E-state index in [9.17, 15) is 18.0 Å². The summed E-state index contributed by atoms with van der Waals surface area (Å²) in [5.74, 6) is 0.399. The molecule has 0 saturated carbocycles. The van der Waals surface area contributed by atoms with E-state index in [0.717, 1.165) is 18.9 Å². The smallest absolute Gasteiger partial charge is 0.381 e. The van der Waals surface area contributed by atoms with Crippen molar-refractivity contribution in [3.05, 3.63) is 11.8 Å². The summed E-state index contributed by atoms with van der Waals surface area (Å²) in [5.41, 5.74) is -0.948. The van der Waals surface area contributed by atoms with Crippen LogP contribution in [0.4, 0.5) is 19.0 Å². The molecule has 1 aliphatic rings. The number of nitrogens with one attached hydrogen (secondary N) is 4. The maximum Gasteiger partial charge on any atom is 0.432 e. The number of aromatic amines is 1. The van der Waals surface area contributed by atoms with Crippen LogP contribution in [-0.2, 0) is 15.7 Å². The zero-order valence-electron chi connectivity index (χ0n) is 14.9. The number of amides is 1. The number of aromatic nitrogens is 2. The van der Waals surface area contributed by atoms with Gasteiger partial charge in [0.15, 0.2) is 12.1 Å². The van der Waals surface area contributed by atoms with Gasteiger partial charge in [0.1, 0.15) is 5.69 Å². The Morgan fingerprint density at radius 2 is 2.08 bits per heavy atom. The van der Waals surface area contributed by atoms with Gasteiger partial charge in [0, 0.05) is 32.2 Å². The number of halogens is 3. The normalized spacial score (nSPS) is 17.3. The molecule has 10 heteroatoms. The molecule has 7 nitrogen and oxygen atoms in total. The molecule has 4 N–H and O–H groups in total. The second-order valence-corrected chi connectivity index (χ2v) is 6.87. The first-order chi connectivity index (χ1) is 12.2. The SMILES string of the molecule is CC(C)CNC(NC(=O)CC1CCOCC1)Nc1cc(C(F)(F)F)[nH]n1. The van der Waals surface area contributed by atoms with Gasteiger partial charge < -0.3 is 15.4 Å². The fourth-order valence-electron chi connectivity index (χ4n) is 2.61. The minimum atomic E-state index is -4.50. The molecule has 0 aromatic carbocycles. The Labute approximate surface area is 150 Å². The van der Waals surface area contributed by atoms with Crippen LogP contribution in [0.2, 0.25) is 0 Å². The van der Waals surface area contributed by atoms with Crippen LogP contribution in [0.15, 0.2) is 6.07 Å². The zero-order chi connectivity index (χ0) is 19.2. The Morgan fingerprint density at radius 3 is 2.65 bits per heavy atom. The molecule has 1 aliphatic heterocycles. The highest BCUT2D eigenvalue weighted by Gasteiger charge is 2.33. The van der Waals surface area contributed by atoms with Crippen LogP contribution in [0.1, 0.15) is 38.8 Å². The Hall–Kier alpha value is -1.81. The third kappa shape index (κ3) is 6.83. The predicted octanol–water partition coefficient (Wildman–Crippen LogP) is 2.30. The fraction of sp³-hybridized carbons (Fsp3) is 0.750. The van der Waals surface area contributed by atoms with E-state index in [1.807, 2.05) is 18.9 Å². The molecule has 0 radical (unpaired) electrons. The first-order valence-electron chi connectivity index (χ1n) is 8.73. The molecule has 2 rings (SSSR count). The summed E-state index contributed by atoms with van der Waals surface area (Å²) in [6.07, 6.45) is -3.19. The number of rotatable bonds is 8. The molecule has 1 amide bonds. The van der Waals surface area contributed by atoms with Crippen molar-refractivity contribution in [1.29, 1.82) is 0 Å². The summed E-state index contributed by atoms with van der Waals surface area (Å²) in [4.78, 5) is 12.3. The van der Waals surface area contributed by atoms with Crippen molar-refractivity contribution in [2.45, 2.75) is 45.6 Å². The van der Waals surface area contributed by atoms with Crippen molar-refractivity contribution < 1.29 is 22.7 Å². The molecule has 1 aromatic heterocycles. The highest BCUT2D eigenvalue weighted by atomic mass is 19.4. The first-order valence-corrected chi connectivity index (χ1v) is 8.73. The number of hydrogen-bond acceptors (Lipinski definition) is 5. The maximum atomic E-state index is 12.7. The summed E-state index contributed by atoms with van der Waals surface area (Å²) in [6, 6.07) is 0.870. The quantitative estimate of drug-likeness (QED) is 0.522. The van der Waals surface area contributed by atoms with Crippen LogP contribution >= 0.6 is 0 Å². The zero-order valence-corrected chi connectivity index (χ0v) is 14.9. The van der Waals surface area contributed by atoms with Gasteiger partial charge >= 0.3 is 6.18 Å². The van der Waals surface area contributed by atoms with E-state index in [-0.39, 0.29) is 17.6 Å². The molecule has 0 aliphatic carbocycles. The van der Waals surface area contributed by atoms with Crippen molar-refractivity contribution in [1.82, 2.24) is 20.8 Å². The number of H-pyrrole nitrogens is 1. The van der Waals surface area contributed by atoms with Gasteiger partial charge in [-0.25, -0.2) is 0 Å². The van der Waals surface area contributed by atoms with E-state index in [0.29, 0.717) is 32.1 Å². The van der Waals surface area contributed by atoms with Gasteiger partial charge in [-0.1, -0.05) is 13.8 Å². The molecule has 148 valence electrons. The Morgan fingerprint density at radius 1 is 1.38 bits per heavy atom. The number of nitrogens with zero attached hydrogens (tertiary/aromatic N) is 1. The van der Waals surface area contributed by atoms with Crippen molar-refractivity contribution >= 4 is 11.7 Å². The standard InChI is InChI=1S/C16H26F3N5O2/c1-10(2)9-20-15(21-13-8-12(23-24-13)16(17,18)19)22-14(25)7-11-3-5-26-6-4-11/h8,10-11,15,20H,3-7,9H2,1-2H3,(H,22,25)(H2,21,23,24). The van der Waals surface area contributed by atoms with Gasteiger partial charge in [-0.2, -0.15) is 18.3 Å². The van der Waals surface area contributed by atoms with E-state index in [2.05, 4.69) is 21.0 Å². The predicted molar refractivity (Wildman–Crippen MR) is 90.1 cm³/mol. The minimum absolute atomic E-state index is 0.00458. The molecule has 1 fully saturated rings. The number of ether oxygens (including phenoxy) is 1. The van der Waals surface area contributed by atoms with E-state index < -0.39 is 18.2 Å². The van der Waals surface area contributed by atoms with Crippen LogP contribution in [0, 0.1) is 11.8 Å². The van der Waals surface area contributed by atoms with Crippen LogP contribution in [0.5, 0.6) is 0 Å². The third-order valence-electron chi connectivity index (χ3n) is 4.03. The van der Waals surface area contributed by atoms with Crippen molar-refractivity contribution in [2.24, 2.45) is 11.8 Å².